The number of phenols is 1. The van der Waals surface area contributed by atoms with Gasteiger partial charge in [-0.3, -0.25) is 0 Å². The molecule has 0 heterocycles. The molecule has 0 atom stereocenters. The summed E-state index contributed by atoms with van der Waals surface area (Å²) in [6, 6.07) is 22.1. The number of ether oxygens (including phenoxy) is 1. The van der Waals surface area contributed by atoms with Crippen molar-refractivity contribution in [2.45, 2.75) is 0 Å². The van der Waals surface area contributed by atoms with E-state index >= 15 is 0 Å². The molecule has 3 rings (SSSR count). The first kappa shape index (κ1) is 18.0. The number of carbonyl (C=O) groups excluding carboxylic acids is 1. The number of allylic oxidation sites excluding steroid dienone is 1. The number of esters is 1. The van der Waals surface area contributed by atoms with Gasteiger partial charge < -0.3 is 9.84 Å². The number of aromatic hydroxyl groups is 1. The van der Waals surface area contributed by atoms with E-state index in [1.807, 2.05) is 42.5 Å². The molecule has 0 bridgehead atoms. The minimum atomic E-state index is -0.361. The molecule has 3 nitrogen and oxygen atoms in total. The normalized spacial score (nSPS) is 10.3. The molecular formula is C24H18O3. The maximum atomic E-state index is 11.4. The number of hydrogen-bond acceptors (Lipinski definition) is 3. The lowest BCUT2D eigenvalue weighted by atomic mass is 9.99. The second kappa shape index (κ2) is 8.55. The van der Waals surface area contributed by atoms with Gasteiger partial charge in [-0.25, -0.2) is 4.79 Å². The van der Waals surface area contributed by atoms with E-state index in [2.05, 4.69) is 16.6 Å². The highest BCUT2D eigenvalue weighted by molar-refractivity contribution is 5.89. The third-order valence-corrected chi connectivity index (χ3v) is 4.01. The Morgan fingerprint density at radius 3 is 2.37 bits per heavy atom. The fraction of sp³-hybridized carbons (Fsp3) is 0.0417. The average Bonchev–Trinajstić information content (AvgIpc) is 2.72. The molecule has 27 heavy (non-hydrogen) atoms. The molecule has 0 radical (unpaired) electrons. The van der Waals surface area contributed by atoms with Gasteiger partial charge in [-0.1, -0.05) is 48.2 Å². The molecule has 0 unspecified atom stereocenters. The predicted octanol–water partition coefficient (Wildman–Crippen LogP) is 4.91. The zero-order valence-corrected chi connectivity index (χ0v) is 14.8. The van der Waals surface area contributed by atoms with Crippen molar-refractivity contribution in [3.8, 4) is 28.7 Å². The van der Waals surface area contributed by atoms with Crippen LogP contribution in [0.1, 0.15) is 21.5 Å². The largest absolute Gasteiger partial charge is 0.508 e. The Balaban J connectivity index is 1.77. The smallest absolute Gasteiger partial charge is 0.337 e. The maximum Gasteiger partial charge on any atom is 0.337 e. The van der Waals surface area contributed by atoms with Crippen LogP contribution in [-0.4, -0.2) is 18.2 Å². The van der Waals surface area contributed by atoms with Crippen molar-refractivity contribution in [2.75, 3.05) is 7.11 Å². The molecular weight excluding hydrogens is 336 g/mol. The maximum absolute atomic E-state index is 11.4. The standard InChI is InChI=1S/C24H18O3/c1-27-24(26)21-12-10-18(11-13-21)6-2-3-7-19-8-4-5-9-23(19)20-14-16-22(25)17-15-20/h3-5,7-17,25H,1H3/b7-3+. The first-order valence-electron chi connectivity index (χ1n) is 8.42. The van der Waals surface area contributed by atoms with Crippen LogP contribution in [0.4, 0.5) is 0 Å². The lowest BCUT2D eigenvalue weighted by Gasteiger charge is -2.06. The van der Waals surface area contributed by atoms with Crippen LogP contribution in [0.25, 0.3) is 17.2 Å². The Morgan fingerprint density at radius 2 is 1.67 bits per heavy atom. The van der Waals surface area contributed by atoms with Gasteiger partial charge >= 0.3 is 5.97 Å². The molecule has 3 aromatic carbocycles. The summed E-state index contributed by atoms with van der Waals surface area (Å²) < 4.78 is 4.68. The summed E-state index contributed by atoms with van der Waals surface area (Å²) in [6.07, 6.45) is 3.76. The van der Waals surface area contributed by atoms with Crippen molar-refractivity contribution >= 4 is 12.0 Å². The summed E-state index contributed by atoms with van der Waals surface area (Å²) in [4.78, 5) is 11.4. The lowest BCUT2D eigenvalue weighted by molar-refractivity contribution is 0.0600. The van der Waals surface area contributed by atoms with Gasteiger partial charge in [0, 0.05) is 5.56 Å². The monoisotopic (exact) mass is 354 g/mol. The summed E-state index contributed by atoms with van der Waals surface area (Å²) in [7, 11) is 1.36. The van der Waals surface area contributed by atoms with Crippen molar-refractivity contribution in [3.05, 3.63) is 95.6 Å². The van der Waals surface area contributed by atoms with Gasteiger partial charge in [0.2, 0.25) is 0 Å². The number of rotatable bonds is 3. The van der Waals surface area contributed by atoms with Gasteiger partial charge in [0.15, 0.2) is 0 Å². The van der Waals surface area contributed by atoms with Gasteiger partial charge in [-0.05, 0) is 65.2 Å². The molecule has 0 amide bonds. The second-order valence-corrected chi connectivity index (χ2v) is 5.81. The Hall–Kier alpha value is -3.77. The Morgan fingerprint density at radius 1 is 0.963 bits per heavy atom. The third kappa shape index (κ3) is 4.65. The summed E-state index contributed by atoms with van der Waals surface area (Å²) >= 11 is 0. The molecule has 0 aliphatic heterocycles. The fourth-order valence-electron chi connectivity index (χ4n) is 2.61. The van der Waals surface area contributed by atoms with E-state index in [-0.39, 0.29) is 11.7 Å². The van der Waals surface area contributed by atoms with Crippen LogP contribution in [0.3, 0.4) is 0 Å². The number of carbonyl (C=O) groups is 1. The molecule has 0 aromatic heterocycles. The number of phenolic OH excluding ortho intramolecular Hbond substituents is 1. The van der Waals surface area contributed by atoms with E-state index in [0.29, 0.717) is 5.56 Å². The van der Waals surface area contributed by atoms with E-state index in [1.165, 1.54) is 7.11 Å². The van der Waals surface area contributed by atoms with Gasteiger partial charge in [0.25, 0.3) is 0 Å². The van der Waals surface area contributed by atoms with Crippen molar-refractivity contribution in [3.63, 3.8) is 0 Å². The summed E-state index contributed by atoms with van der Waals surface area (Å²) in [6.45, 7) is 0. The first-order valence-corrected chi connectivity index (χ1v) is 8.42. The summed E-state index contributed by atoms with van der Waals surface area (Å²) in [5.41, 5.74) is 4.46. The minimum Gasteiger partial charge on any atom is -0.508 e. The van der Waals surface area contributed by atoms with Crippen LogP contribution in [0.15, 0.2) is 78.9 Å². The second-order valence-electron chi connectivity index (χ2n) is 5.81. The predicted molar refractivity (Wildman–Crippen MR) is 107 cm³/mol. The van der Waals surface area contributed by atoms with E-state index in [9.17, 15) is 9.90 Å². The highest BCUT2D eigenvalue weighted by Crippen LogP contribution is 2.26. The average molecular weight is 354 g/mol. The quantitative estimate of drug-likeness (QED) is 0.537. The van der Waals surface area contributed by atoms with Gasteiger partial charge in [0.1, 0.15) is 5.75 Å². The lowest BCUT2D eigenvalue weighted by Crippen LogP contribution is -2.00. The van der Waals surface area contributed by atoms with Gasteiger partial charge in [0.05, 0.1) is 12.7 Å². The topological polar surface area (TPSA) is 46.5 Å². The Kier molecular flexibility index (Phi) is 5.71. The van der Waals surface area contributed by atoms with Gasteiger partial charge in [-0.15, -0.1) is 0 Å². The van der Waals surface area contributed by atoms with E-state index in [4.69, 9.17) is 0 Å². The Labute approximate surface area is 158 Å². The van der Waals surface area contributed by atoms with Crippen LogP contribution < -0.4 is 0 Å². The number of hydrogen-bond donors (Lipinski definition) is 1. The molecule has 132 valence electrons. The minimum absolute atomic E-state index is 0.246. The molecule has 0 saturated carbocycles. The Bertz CT molecular complexity index is 1020. The van der Waals surface area contributed by atoms with Crippen molar-refractivity contribution < 1.29 is 14.6 Å². The van der Waals surface area contributed by atoms with Crippen molar-refractivity contribution in [2.24, 2.45) is 0 Å². The summed E-state index contributed by atoms with van der Waals surface area (Å²) in [5.74, 6) is 5.94. The third-order valence-electron chi connectivity index (χ3n) is 4.01. The van der Waals surface area contributed by atoms with Crippen LogP contribution in [0.2, 0.25) is 0 Å². The van der Waals surface area contributed by atoms with E-state index < -0.39 is 0 Å². The highest BCUT2D eigenvalue weighted by atomic mass is 16.5. The zero-order valence-electron chi connectivity index (χ0n) is 14.8. The van der Waals surface area contributed by atoms with E-state index in [1.54, 1.807) is 42.5 Å². The van der Waals surface area contributed by atoms with Crippen LogP contribution in [0, 0.1) is 11.8 Å². The number of benzene rings is 3. The van der Waals surface area contributed by atoms with Crippen molar-refractivity contribution in [1.82, 2.24) is 0 Å². The highest BCUT2D eigenvalue weighted by Gasteiger charge is 2.03. The molecule has 0 saturated heterocycles. The van der Waals surface area contributed by atoms with Crippen molar-refractivity contribution in [1.29, 1.82) is 0 Å². The molecule has 3 heteroatoms. The number of methoxy groups -OCH3 is 1. The summed E-state index contributed by atoms with van der Waals surface area (Å²) in [5, 5.41) is 9.46. The zero-order chi connectivity index (χ0) is 19.1. The van der Waals surface area contributed by atoms with Gasteiger partial charge in [-0.2, -0.15) is 0 Å². The van der Waals surface area contributed by atoms with E-state index in [0.717, 1.165) is 22.3 Å². The first-order chi connectivity index (χ1) is 13.2. The SMILES string of the molecule is COC(=O)c1ccc(C#C/C=C/c2ccccc2-c2ccc(O)cc2)cc1. The molecule has 0 aliphatic carbocycles. The molecule has 3 aromatic rings. The van der Waals surface area contributed by atoms with Crippen LogP contribution in [0.5, 0.6) is 5.75 Å². The van der Waals surface area contributed by atoms with Crippen LogP contribution in [-0.2, 0) is 4.74 Å². The molecule has 1 N–H and O–H groups in total. The molecule has 0 fully saturated rings. The molecule has 0 spiro atoms. The van der Waals surface area contributed by atoms with Crippen LogP contribution >= 0.6 is 0 Å². The molecule has 0 aliphatic rings. The fourth-order valence-corrected chi connectivity index (χ4v) is 2.61.